The van der Waals surface area contributed by atoms with Crippen molar-refractivity contribution in [3.05, 3.63) is 66.3 Å². The van der Waals surface area contributed by atoms with Gasteiger partial charge in [-0.2, -0.15) is 4.98 Å². The molecule has 0 aliphatic heterocycles. The van der Waals surface area contributed by atoms with Crippen molar-refractivity contribution in [1.82, 2.24) is 15.0 Å². The van der Waals surface area contributed by atoms with Crippen molar-refractivity contribution >= 4 is 11.7 Å². The second-order valence-corrected chi connectivity index (χ2v) is 4.95. The molecule has 0 saturated carbocycles. The lowest BCUT2D eigenvalue weighted by Gasteiger charge is -2.06. The fraction of sp³-hybridized carbons (Fsp3) is 0.222. The molecular weight excluding hydrogens is 304 g/mol. The molecule has 2 aromatic rings. The minimum absolute atomic E-state index is 0.211. The number of amides is 1. The maximum absolute atomic E-state index is 12.3. The van der Waals surface area contributed by atoms with Gasteiger partial charge in [0.1, 0.15) is 12.1 Å². The van der Waals surface area contributed by atoms with Gasteiger partial charge in [-0.3, -0.25) is 4.79 Å². The molecule has 2 aromatic heterocycles. The third kappa shape index (κ3) is 5.31. The Labute approximate surface area is 141 Å². The van der Waals surface area contributed by atoms with Crippen LogP contribution in [0, 0.1) is 0 Å². The van der Waals surface area contributed by atoms with Crippen LogP contribution in [-0.2, 0) is 11.2 Å². The molecule has 0 radical (unpaired) electrons. The number of allylic oxidation sites excluding steroid dienone is 2. The third-order valence-corrected chi connectivity index (χ3v) is 3.26. The molecule has 0 aliphatic rings. The van der Waals surface area contributed by atoms with Crippen LogP contribution in [0.15, 0.2) is 60.7 Å². The monoisotopic (exact) mass is 324 g/mol. The number of nitrogens with one attached hydrogen (secondary N) is 1. The lowest BCUT2D eigenvalue weighted by atomic mass is 10.1. The first kappa shape index (κ1) is 17.3. The van der Waals surface area contributed by atoms with E-state index in [-0.39, 0.29) is 5.91 Å². The normalized spacial score (nSPS) is 11.5. The summed E-state index contributed by atoms with van der Waals surface area (Å²) in [6, 6.07) is 5.21. The van der Waals surface area contributed by atoms with E-state index in [1.54, 1.807) is 42.7 Å². The number of carbonyl (C=O) groups excluding carboxylic acids is 1. The lowest BCUT2D eigenvalue weighted by molar-refractivity contribution is -0.112. The number of hydrogen-bond donors (Lipinski definition) is 1. The maximum Gasteiger partial charge on any atom is 0.256 e. The van der Waals surface area contributed by atoms with Crippen LogP contribution < -0.4 is 10.1 Å². The topological polar surface area (TPSA) is 77.0 Å². The third-order valence-electron chi connectivity index (χ3n) is 3.26. The number of hydrogen-bond acceptors (Lipinski definition) is 5. The standard InChI is InChI=1S/C18H20N4O2/c1-3-15(8-5-4-7-14-11-19-13-20-12-14)18(23)22-16-9-6-10-17(21-16)24-2/h3,5-6,8-13H,4,7H2,1-2H3,(H,21,22,23). The summed E-state index contributed by atoms with van der Waals surface area (Å²) < 4.78 is 5.04. The number of nitrogens with zero attached hydrogens (tertiary/aromatic N) is 3. The van der Waals surface area contributed by atoms with Crippen LogP contribution in [0.1, 0.15) is 18.9 Å². The lowest BCUT2D eigenvalue weighted by Crippen LogP contribution is -2.14. The predicted molar refractivity (Wildman–Crippen MR) is 92.7 cm³/mol. The second-order valence-electron chi connectivity index (χ2n) is 4.95. The molecular formula is C18H20N4O2. The zero-order valence-corrected chi connectivity index (χ0v) is 13.8. The zero-order chi connectivity index (χ0) is 17.2. The summed E-state index contributed by atoms with van der Waals surface area (Å²) in [5, 5.41) is 2.76. The van der Waals surface area contributed by atoms with Gasteiger partial charge in [-0.25, -0.2) is 9.97 Å². The van der Waals surface area contributed by atoms with Gasteiger partial charge in [0, 0.05) is 24.0 Å². The van der Waals surface area contributed by atoms with Crippen molar-refractivity contribution < 1.29 is 9.53 Å². The minimum atomic E-state index is -0.211. The number of methoxy groups -OCH3 is 1. The van der Waals surface area contributed by atoms with Gasteiger partial charge >= 0.3 is 0 Å². The summed E-state index contributed by atoms with van der Waals surface area (Å²) in [4.78, 5) is 24.4. The Morgan fingerprint density at radius 2 is 2.08 bits per heavy atom. The number of pyridine rings is 1. The van der Waals surface area contributed by atoms with Gasteiger partial charge in [-0.15, -0.1) is 0 Å². The summed E-state index contributed by atoms with van der Waals surface area (Å²) in [6.45, 7) is 1.82. The highest BCUT2D eigenvalue weighted by atomic mass is 16.5. The van der Waals surface area contributed by atoms with Crippen molar-refractivity contribution in [1.29, 1.82) is 0 Å². The molecule has 6 heteroatoms. The van der Waals surface area contributed by atoms with E-state index in [2.05, 4.69) is 20.3 Å². The van der Waals surface area contributed by atoms with Crippen LogP contribution in [0.5, 0.6) is 5.88 Å². The van der Waals surface area contributed by atoms with Crippen LogP contribution >= 0.6 is 0 Å². The first-order valence-electron chi connectivity index (χ1n) is 7.62. The van der Waals surface area contributed by atoms with Crippen LogP contribution in [0.2, 0.25) is 0 Å². The van der Waals surface area contributed by atoms with E-state index in [4.69, 9.17) is 4.74 Å². The molecule has 0 atom stereocenters. The molecule has 24 heavy (non-hydrogen) atoms. The summed E-state index contributed by atoms with van der Waals surface area (Å²) in [5.41, 5.74) is 1.64. The fourth-order valence-electron chi connectivity index (χ4n) is 2.01. The van der Waals surface area contributed by atoms with Crippen molar-refractivity contribution in [3.8, 4) is 5.88 Å². The average Bonchev–Trinajstić information content (AvgIpc) is 2.62. The molecule has 1 N–H and O–H groups in total. The molecule has 0 aliphatic carbocycles. The van der Waals surface area contributed by atoms with Gasteiger partial charge in [0.05, 0.1) is 7.11 Å². The van der Waals surface area contributed by atoms with E-state index in [9.17, 15) is 4.79 Å². The fourth-order valence-corrected chi connectivity index (χ4v) is 2.01. The number of rotatable bonds is 7. The smallest absolute Gasteiger partial charge is 0.256 e. The predicted octanol–water partition coefficient (Wildman–Crippen LogP) is 2.95. The molecule has 1 amide bonds. The largest absolute Gasteiger partial charge is 0.481 e. The number of ether oxygens (including phenoxy) is 1. The Morgan fingerprint density at radius 1 is 1.29 bits per heavy atom. The molecule has 0 fully saturated rings. The van der Waals surface area contributed by atoms with Crippen molar-refractivity contribution in [2.24, 2.45) is 0 Å². The Hall–Kier alpha value is -3.02. The average molecular weight is 324 g/mol. The van der Waals surface area contributed by atoms with Gasteiger partial charge in [0.15, 0.2) is 0 Å². The molecule has 2 heterocycles. The molecule has 124 valence electrons. The summed E-state index contributed by atoms with van der Waals surface area (Å²) in [7, 11) is 1.53. The molecule has 0 bridgehead atoms. The Morgan fingerprint density at radius 3 is 2.79 bits per heavy atom. The first-order chi connectivity index (χ1) is 11.7. The summed E-state index contributed by atoms with van der Waals surface area (Å²) >= 11 is 0. The van der Waals surface area contributed by atoms with Crippen molar-refractivity contribution in [2.75, 3.05) is 12.4 Å². The summed E-state index contributed by atoms with van der Waals surface area (Å²) in [5.74, 6) is 0.696. The number of aryl methyl sites for hydroxylation is 1. The highest BCUT2D eigenvalue weighted by Crippen LogP contribution is 2.12. The molecule has 0 saturated heterocycles. The van der Waals surface area contributed by atoms with E-state index >= 15 is 0 Å². The van der Waals surface area contributed by atoms with Gasteiger partial charge in [0.2, 0.25) is 5.88 Å². The molecule has 0 aromatic carbocycles. The second kappa shape index (κ2) is 9.19. The Kier molecular flexibility index (Phi) is 6.64. The summed E-state index contributed by atoms with van der Waals surface area (Å²) in [6.07, 6.45) is 12.2. The van der Waals surface area contributed by atoms with Gasteiger partial charge in [-0.1, -0.05) is 24.3 Å². The maximum atomic E-state index is 12.3. The number of aromatic nitrogens is 3. The van der Waals surface area contributed by atoms with Gasteiger partial charge < -0.3 is 10.1 Å². The van der Waals surface area contributed by atoms with Crippen LogP contribution in [-0.4, -0.2) is 28.0 Å². The van der Waals surface area contributed by atoms with Crippen LogP contribution in [0.4, 0.5) is 5.82 Å². The van der Waals surface area contributed by atoms with Crippen molar-refractivity contribution in [3.63, 3.8) is 0 Å². The highest BCUT2D eigenvalue weighted by molar-refractivity contribution is 6.05. The van der Waals surface area contributed by atoms with Crippen LogP contribution in [0.3, 0.4) is 0 Å². The Balaban J connectivity index is 1.90. The molecule has 0 spiro atoms. The van der Waals surface area contributed by atoms with Crippen molar-refractivity contribution in [2.45, 2.75) is 19.8 Å². The number of carbonyl (C=O) groups is 1. The quantitative estimate of drug-likeness (QED) is 0.626. The molecule has 6 nitrogen and oxygen atoms in total. The van der Waals surface area contributed by atoms with E-state index < -0.39 is 0 Å². The van der Waals surface area contributed by atoms with Gasteiger partial charge in [-0.05, 0) is 31.4 Å². The van der Waals surface area contributed by atoms with Crippen LogP contribution in [0.25, 0.3) is 0 Å². The molecule has 2 rings (SSSR count). The molecule has 0 unspecified atom stereocenters. The van der Waals surface area contributed by atoms with E-state index in [0.29, 0.717) is 17.3 Å². The number of anilines is 1. The van der Waals surface area contributed by atoms with Gasteiger partial charge in [0.25, 0.3) is 5.91 Å². The minimum Gasteiger partial charge on any atom is -0.481 e. The van der Waals surface area contributed by atoms with E-state index in [1.807, 2.05) is 13.0 Å². The first-order valence-corrected chi connectivity index (χ1v) is 7.62. The van der Waals surface area contributed by atoms with E-state index in [0.717, 1.165) is 18.4 Å². The Bertz CT molecular complexity index is 727. The SMILES string of the molecule is CC=C(C=CCCc1cncnc1)C(=O)Nc1cccc(OC)n1. The zero-order valence-electron chi connectivity index (χ0n) is 13.8. The van der Waals surface area contributed by atoms with E-state index in [1.165, 1.54) is 13.4 Å². The highest BCUT2D eigenvalue weighted by Gasteiger charge is 2.07.